The number of ether oxygens (including phenoxy) is 1. The Morgan fingerprint density at radius 1 is 1.54 bits per heavy atom. The van der Waals surface area contributed by atoms with Gasteiger partial charge in [0, 0.05) is 5.69 Å². The lowest BCUT2D eigenvalue weighted by molar-refractivity contribution is -0.139. The van der Waals surface area contributed by atoms with E-state index in [1.54, 1.807) is 19.1 Å². The van der Waals surface area contributed by atoms with Gasteiger partial charge in [-0.1, -0.05) is 0 Å². The molecule has 0 aliphatic carbocycles. The highest BCUT2D eigenvalue weighted by Gasteiger charge is 2.03. The van der Waals surface area contributed by atoms with E-state index in [4.69, 9.17) is 9.84 Å². The highest BCUT2D eigenvalue weighted by Crippen LogP contribution is 2.14. The number of pyridine rings is 1. The summed E-state index contributed by atoms with van der Waals surface area (Å²) in [6, 6.07) is 3.50. The van der Waals surface area contributed by atoms with Crippen molar-refractivity contribution in [3.8, 4) is 5.75 Å². The molecule has 13 heavy (non-hydrogen) atoms. The van der Waals surface area contributed by atoms with Gasteiger partial charge in [-0.25, -0.2) is 4.79 Å². The molecule has 1 heterocycles. The van der Waals surface area contributed by atoms with Crippen LogP contribution in [0.5, 0.6) is 5.75 Å². The summed E-state index contributed by atoms with van der Waals surface area (Å²) in [5, 5.41) is 8.37. The number of hydrogen-bond acceptors (Lipinski definition) is 3. The molecular formula is C9H11NO3. The Labute approximate surface area is 76.2 Å². The molecule has 0 fully saturated rings. The number of aliphatic carboxylic acids is 1. The van der Waals surface area contributed by atoms with Crippen molar-refractivity contribution in [2.24, 2.45) is 0 Å². The van der Waals surface area contributed by atoms with Gasteiger partial charge in [0.2, 0.25) is 0 Å². The Bertz CT molecular complexity index is 323. The second-order valence-electron chi connectivity index (χ2n) is 2.72. The van der Waals surface area contributed by atoms with Crippen LogP contribution in [0, 0.1) is 13.8 Å². The number of aromatic nitrogens is 1. The zero-order valence-corrected chi connectivity index (χ0v) is 7.57. The molecule has 0 spiro atoms. The van der Waals surface area contributed by atoms with Crippen LogP contribution in [0.25, 0.3) is 0 Å². The van der Waals surface area contributed by atoms with Crippen molar-refractivity contribution in [2.75, 3.05) is 6.61 Å². The van der Waals surface area contributed by atoms with Crippen molar-refractivity contribution >= 4 is 5.97 Å². The third kappa shape index (κ3) is 2.74. The zero-order chi connectivity index (χ0) is 9.84. The van der Waals surface area contributed by atoms with Gasteiger partial charge in [-0.15, -0.1) is 0 Å². The van der Waals surface area contributed by atoms with E-state index in [-0.39, 0.29) is 6.61 Å². The summed E-state index contributed by atoms with van der Waals surface area (Å²) < 4.78 is 4.99. The van der Waals surface area contributed by atoms with Gasteiger partial charge in [0.15, 0.2) is 6.61 Å². The van der Waals surface area contributed by atoms with E-state index in [0.717, 1.165) is 5.69 Å². The van der Waals surface area contributed by atoms with Gasteiger partial charge < -0.3 is 9.84 Å². The van der Waals surface area contributed by atoms with E-state index >= 15 is 0 Å². The second-order valence-corrected chi connectivity index (χ2v) is 2.72. The first-order chi connectivity index (χ1) is 6.09. The lowest BCUT2D eigenvalue weighted by atomic mass is 10.3. The lowest BCUT2D eigenvalue weighted by Crippen LogP contribution is -2.10. The molecule has 1 rings (SSSR count). The van der Waals surface area contributed by atoms with Crippen LogP contribution >= 0.6 is 0 Å². The highest BCUT2D eigenvalue weighted by molar-refractivity contribution is 5.68. The number of nitrogens with zero attached hydrogens (tertiary/aromatic N) is 1. The molecule has 70 valence electrons. The van der Waals surface area contributed by atoms with Gasteiger partial charge in [-0.2, -0.15) is 0 Å². The fourth-order valence-electron chi connectivity index (χ4n) is 0.966. The minimum absolute atomic E-state index is 0.328. The first kappa shape index (κ1) is 9.51. The Morgan fingerprint density at radius 3 is 2.77 bits per heavy atom. The highest BCUT2D eigenvalue weighted by atomic mass is 16.5. The van der Waals surface area contributed by atoms with Crippen molar-refractivity contribution in [1.82, 2.24) is 4.98 Å². The zero-order valence-electron chi connectivity index (χ0n) is 7.57. The number of carbonyl (C=O) groups is 1. The SMILES string of the molecule is Cc1ccc(OCC(=O)O)c(C)n1. The summed E-state index contributed by atoms with van der Waals surface area (Å²) in [6.45, 7) is 3.32. The fourth-order valence-corrected chi connectivity index (χ4v) is 0.966. The third-order valence-corrected chi connectivity index (χ3v) is 1.53. The van der Waals surface area contributed by atoms with Crippen LogP contribution in [0.3, 0.4) is 0 Å². The van der Waals surface area contributed by atoms with Crippen LogP contribution in [0.2, 0.25) is 0 Å². The normalized spacial score (nSPS) is 9.69. The summed E-state index contributed by atoms with van der Waals surface area (Å²) in [5.74, 6) is -0.465. The molecule has 0 bridgehead atoms. The maximum atomic E-state index is 10.2. The van der Waals surface area contributed by atoms with Gasteiger partial charge in [-0.05, 0) is 26.0 Å². The molecule has 0 saturated carbocycles. The Hall–Kier alpha value is -1.58. The number of rotatable bonds is 3. The van der Waals surface area contributed by atoms with Gasteiger partial charge in [0.05, 0.1) is 5.69 Å². The predicted octanol–water partition coefficient (Wildman–Crippen LogP) is 1.16. The molecule has 0 unspecified atom stereocenters. The van der Waals surface area contributed by atoms with Crippen molar-refractivity contribution < 1.29 is 14.6 Å². The quantitative estimate of drug-likeness (QED) is 0.760. The van der Waals surface area contributed by atoms with Crippen LogP contribution in [0.1, 0.15) is 11.4 Å². The first-order valence-electron chi connectivity index (χ1n) is 3.88. The van der Waals surface area contributed by atoms with Crippen LogP contribution < -0.4 is 4.74 Å². The standard InChI is InChI=1S/C9H11NO3/c1-6-3-4-8(7(2)10-6)13-5-9(11)12/h3-4H,5H2,1-2H3,(H,11,12). The first-order valence-corrected chi connectivity index (χ1v) is 3.88. The van der Waals surface area contributed by atoms with Gasteiger partial charge in [0.1, 0.15) is 5.75 Å². The van der Waals surface area contributed by atoms with Crippen LogP contribution in [-0.2, 0) is 4.79 Å². The average Bonchev–Trinajstić information content (AvgIpc) is 2.02. The summed E-state index contributed by atoms with van der Waals surface area (Å²) >= 11 is 0. The molecular weight excluding hydrogens is 170 g/mol. The monoisotopic (exact) mass is 181 g/mol. The van der Waals surface area contributed by atoms with Crippen LogP contribution in [0.4, 0.5) is 0 Å². The predicted molar refractivity (Wildman–Crippen MR) is 46.8 cm³/mol. The van der Waals surface area contributed by atoms with Crippen LogP contribution in [0.15, 0.2) is 12.1 Å². The van der Waals surface area contributed by atoms with Gasteiger partial charge in [-0.3, -0.25) is 4.98 Å². The molecule has 0 aliphatic heterocycles. The number of carboxylic acids is 1. The minimum Gasteiger partial charge on any atom is -0.480 e. The summed E-state index contributed by atoms with van der Waals surface area (Å²) in [5.41, 5.74) is 1.60. The lowest BCUT2D eigenvalue weighted by Gasteiger charge is -2.05. The molecule has 4 heteroatoms. The van der Waals surface area contributed by atoms with Gasteiger partial charge in [0.25, 0.3) is 0 Å². The van der Waals surface area contributed by atoms with E-state index < -0.39 is 5.97 Å². The minimum atomic E-state index is -0.986. The Morgan fingerprint density at radius 2 is 2.23 bits per heavy atom. The largest absolute Gasteiger partial charge is 0.480 e. The maximum Gasteiger partial charge on any atom is 0.341 e. The topological polar surface area (TPSA) is 59.4 Å². The number of carboxylic acid groups (broad SMARTS) is 1. The molecule has 0 atom stereocenters. The average molecular weight is 181 g/mol. The van der Waals surface area contributed by atoms with Crippen molar-refractivity contribution in [3.63, 3.8) is 0 Å². The van der Waals surface area contributed by atoms with E-state index in [1.807, 2.05) is 6.92 Å². The molecule has 1 aromatic heterocycles. The molecule has 4 nitrogen and oxygen atoms in total. The number of aryl methyl sites for hydroxylation is 2. The Balaban J connectivity index is 2.72. The van der Waals surface area contributed by atoms with E-state index in [0.29, 0.717) is 11.4 Å². The van der Waals surface area contributed by atoms with E-state index in [1.165, 1.54) is 0 Å². The molecule has 0 amide bonds. The van der Waals surface area contributed by atoms with E-state index in [9.17, 15) is 4.79 Å². The molecule has 1 aromatic rings. The summed E-state index contributed by atoms with van der Waals surface area (Å²) in [6.07, 6.45) is 0. The van der Waals surface area contributed by atoms with Crippen molar-refractivity contribution in [2.45, 2.75) is 13.8 Å². The second kappa shape index (κ2) is 3.89. The summed E-state index contributed by atoms with van der Waals surface area (Å²) in [7, 11) is 0. The molecule has 0 aromatic carbocycles. The molecule has 0 aliphatic rings. The Kier molecular flexibility index (Phi) is 2.84. The maximum absolute atomic E-state index is 10.2. The molecule has 1 N–H and O–H groups in total. The van der Waals surface area contributed by atoms with E-state index in [2.05, 4.69) is 4.98 Å². The smallest absolute Gasteiger partial charge is 0.341 e. The third-order valence-electron chi connectivity index (χ3n) is 1.53. The number of hydrogen-bond donors (Lipinski definition) is 1. The molecule has 0 saturated heterocycles. The van der Waals surface area contributed by atoms with Crippen LogP contribution in [-0.4, -0.2) is 22.7 Å². The molecule has 0 radical (unpaired) electrons. The van der Waals surface area contributed by atoms with Crippen molar-refractivity contribution in [3.05, 3.63) is 23.5 Å². The van der Waals surface area contributed by atoms with Gasteiger partial charge >= 0.3 is 5.97 Å². The van der Waals surface area contributed by atoms with Crippen molar-refractivity contribution in [1.29, 1.82) is 0 Å². The fraction of sp³-hybridized carbons (Fsp3) is 0.333. The summed E-state index contributed by atoms with van der Waals surface area (Å²) in [4.78, 5) is 14.3.